The molecule has 0 saturated carbocycles. The van der Waals surface area contributed by atoms with Crippen LogP contribution in [0.2, 0.25) is 0 Å². The van der Waals surface area contributed by atoms with E-state index in [0.29, 0.717) is 30.8 Å². The van der Waals surface area contributed by atoms with Crippen molar-refractivity contribution in [1.82, 2.24) is 10.4 Å². The fourth-order valence-corrected chi connectivity index (χ4v) is 4.08. The molecule has 6 nitrogen and oxygen atoms in total. The van der Waals surface area contributed by atoms with E-state index in [4.69, 9.17) is 9.94 Å². The van der Waals surface area contributed by atoms with Gasteiger partial charge in [0.2, 0.25) is 0 Å². The molecule has 2 aliphatic heterocycles. The maximum absolute atomic E-state index is 13.1. The standard InChI is InChI=1S/C22H22N2O4/c25-20(23-27)10-9-16-5-1-3-7-18(16)21(26)24-13-11-22(12-14-24)19-8-4-2-6-17(19)15-28-22/h1-10,27H,11-15H2,(H,23,25). The molecule has 1 spiro atoms. The first-order valence-corrected chi connectivity index (χ1v) is 9.36. The van der Waals surface area contributed by atoms with Gasteiger partial charge in [-0.05, 0) is 41.7 Å². The lowest BCUT2D eigenvalue weighted by atomic mass is 9.83. The van der Waals surface area contributed by atoms with Gasteiger partial charge in [-0.25, -0.2) is 5.48 Å². The number of likely N-dealkylation sites (tertiary alicyclic amines) is 1. The number of amides is 2. The summed E-state index contributed by atoms with van der Waals surface area (Å²) >= 11 is 0. The van der Waals surface area contributed by atoms with Crippen LogP contribution in [0.25, 0.3) is 6.08 Å². The lowest BCUT2D eigenvalue weighted by Gasteiger charge is -2.39. The summed E-state index contributed by atoms with van der Waals surface area (Å²) in [5.74, 6) is -0.704. The first-order chi connectivity index (χ1) is 13.6. The summed E-state index contributed by atoms with van der Waals surface area (Å²) in [7, 11) is 0. The number of hydrogen-bond acceptors (Lipinski definition) is 4. The van der Waals surface area contributed by atoms with Crippen LogP contribution in [0.5, 0.6) is 0 Å². The third-order valence-electron chi connectivity index (χ3n) is 5.59. The number of ether oxygens (including phenoxy) is 1. The first-order valence-electron chi connectivity index (χ1n) is 9.36. The highest BCUT2D eigenvalue weighted by molar-refractivity contribution is 5.99. The molecule has 0 bridgehead atoms. The van der Waals surface area contributed by atoms with E-state index >= 15 is 0 Å². The van der Waals surface area contributed by atoms with Gasteiger partial charge in [0, 0.05) is 24.7 Å². The predicted molar refractivity (Wildman–Crippen MR) is 103 cm³/mol. The number of fused-ring (bicyclic) bond motifs is 2. The maximum atomic E-state index is 13.1. The summed E-state index contributed by atoms with van der Waals surface area (Å²) in [6.07, 6.45) is 4.25. The number of piperidine rings is 1. The molecule has 2 aromatic carbocycles. The Balaban J connectivity index is 1.50. The summed E-state index contributed by atoms with van der Waals surface area (Å²) in [4.78, 5) is 26.2. The molecule has 0 radical (unpaired) electrons. The van der Waals surface area contributed by atoms with Crippen LogP contribution in [0.4, 0.5) is 0 Å². The molecule has 0 aromatic heterocycles. The van der Waals surface area contributed by atoms with Gasteiger partial charge in [-0.1, -0.05) is 42.5 Å². The number of carbonyl (C=O) groups is 2. The Hall–Kier alpha value is -2.96. The average molecular weight is 378 g/mol. The van der Waals surface area contributed by atoms with Crippen molar-refractivity contribution in [2.45, 2.75) is 25.0 Å². The number of carbonyl (C=O) groups excluding carboxylic acids is 2. The highest BCUT2D eigenvalue weighted by Gasteiger charge is 2.43. The molecule has 2 aliphatic rings. The quantitative estimate of drug-likeness (QED) is 0.489. The highest BCUT2D eigenvalue weighted by atomic mass is 16.5. The topological polar surface area (TPSA) is 78.9 Å². The number of nitrogens with zero attached hydrogens (tertiary/aromatic N) is 1. The van der Waals surface area contributed by atoms with Crippen LogP contribution in [0.15, 0.2) is 54.6 Å². The van der Waals surface area contributed by atoms with Crippen LogP contribution in [0, 0.1) is 0 Å². The van der Waals surface area contributed by atoms with Crippen LogP contribution < -0.4 is 5.48 Å². The molecule has 4 rings (SSSR count). The monoisotopic (exact) mass is 378 g/mol. The van der Waals surface area contributed by atoms with Crippen LogP contribution in [-0.4, -0.2) is 35.0 Å². The van der Waals surface area contributed by atoms with Crippen molar-refractivity contribution in [2.75, 3.05) is 13.1 Å². The Morgan fingerprint density at radius 2 is 1.79 bits per heavy atom. The summed E-state index contributed by atoms with van der Waals surface area (Å²) in [5.41, 5.74) is 4.92. The minimum Gasteiger partial charge on any atom is -0.365 e. The zero-order valence-electron chi connectivity index (χ0n) is 15.4. The molecule has 2 N–H and O–H groups in total. The second-order valence-electron chi connectivity index (χ2n) is 7.13. The van der Waals surface area contributed by atoms with E-state index in [1.165, 1.54) is 23.3 Å². The van der Waals surface area contributed by atoms with E-state index in [1.54, 1.807) is 23.7 Å². The molecule has 0 aliphatic carbocycles. The van der Waals surface area contributed by atoms with Crippen molar-refractivity contribution >= 4 is 17.9 Å². The summed E-state index contributed by atoms with van der Waals surface area (Å²) < 4.78 is 6.17. The van der Waals surface area contributed by atoms with Crippen molar-refractivity contribution in [1.29, 1.82) is 0 Å². The third-order valence-corrected chi connectivity index (χ3v) is 5.59. The second-order valence-corrected chi connectivity index (χ2v) is 7.13. The fourth-order valence-electron chi connectivity index (χ4n) is 4.08. The van der Waals surface area contributed by atoms with Crippen molar-refractivity contribution in [2.24, 2.45) is 0 Å². The number of hydroxylamine groups is 1. The van der Waals surface area contributed by atoms with Crippen molar-refractivity contribution in [3.63, 3.8) is 0 Å². The van der Waals surface area contributed by atoms with E-state index in [0.717, 1.165) is 12.8 Å². The molecule has 28 heavy (non-hydrogen) atoms. The van der Waals surface area contributed by atoms with Gasteiger partial charge in [0.15, 0.2) is 0 Å². The summed E-state index contributed by atoms with van der Waals surface area (Å²) in [6, 6.07) is 15.4. The highest BCUT2D eigenvalue weighted by Crippen LogP contribution is 2.44. The zero-order chi connectivity index (χ0) is 19.6. The lowest BCUT2D eigenvalue weighted by molar-refractivity contribution is -0.124. The van der Waals surface area contributed by atoms with Gasteiger partial charge in [0.05, 0.1) is 12.2 Å². The van der Waals surface area contributed by atoms with E-state index in [-0.39, 0.29) is 11.5 Å². The Kier molecular flexibility index (Phi) is 4.98. The molecule has 1 saturated heterocycles. The van der Waals surface area contributed by atoms with Gasteiger partial charge < -0.3 is 9.64 Å². The minimum absolute atomic E-state index is 0.0641. The van der Waals surface area contributed by atoms with E-state index in [1.807, 2.05) is 23.1 Å². The fraction of sp³-hybridized carbons (Fsp3) is 0.273. The normalized spacial score (nSPS) is 17.7. The van der Waals surface area contributed by atoms with Gasteiger partial charge in [0.25, 0.3) is 11.8 Å². The first kappa shape index (κ1) is 18.4. The smallest absolute Gasteiger partial charge is 0.267 e. The zero-order valence-corrected chi connectivity index (χ0v) is 15.4. The Morgan fingerprint density at radius 3 is 2.57 bits per heavy atom. The largest absolute Gasteiger partial charge is 0.365 e. The maximum Gasteiger partial charge on any atom is 0.267 e. The molecule has 2 heterocycles. The molecule has 0 atom stereocenters. The molecule has 2 amide bonds. The van der Waals surface area contributed by atoms with Crippen molar-refractivity contribution in [3.8, 4) is 0 Å². The number of nitrogens with one attached hydrogen (secondary N) is 1. The Labute approximate surface area is 163 Å². The molecule has 2 aromatic rings. The summed E-state index contributed by atoms with van der Waals surface area (Å²) in [5, 5.41) is 8.63. The van der Waals surface area contributed by atoms with Gasteiger partial charge in [0.1, 0.15) is 0 Å². The number of rotatable bonds is 3. The van der Waals surface area contributed by atoms with Gasteiger partial charge in [-0.3, -0.25) is 14.8 Å². The predicted octanol–water partition coefficient (Wildman–Crippen LogP) is 2.87. The third kappa shape index (κ3) is 3.32. The molecule has 6 heteroatoms. The Bertz CT molecular complexity index is 930. The van der Waals surface area contributed by atoms with E-state index in [9.17, 15) is 9.59 Å². The summed E-state index contributed by atoms with van der Waals surface area (Å²) in [6.45, 7) is 1.86. The van der Waals surface area contributed by atoms with Gasteiger partial charge >= 0.3 is 0 Å². The van der Waals surface area contributed by atoms with Crippen LogP contribution in [-0.2, 0) is 21.7 Å². The molecule has 0 unspecified atom stereocenters. The van der Waals surface area contributed by atoms with Crippen LogP contribution >= 0.6 is 0 Å². The minimum atomic E-state index is -0.640. The molecular weight excluding hydrogens is 356 g/mol. The molecule has 144 valence electrons. The number of hydrogen-bond donors (Lipinski definition) is 2. The van der Waals surface area contributed by atoms with Crippen LogP contribution in [0.3, 0.4) is 0 Å². The van der Waals surface area contributed by atoms with Crippen LogP contribution in [0.1, 0.15) is 39.9 Å². The molecule has 1 fully saturated rings. The lowest BCUT2D eigenvalue weighted by Crippen LogP contribution is -2.45. The van der Waals surface area contributed by atoms with E-state index < -0.39 is 5.91 Å². The van der Waals surface area contributed by atoms with E-state index in [2.05, 4.69) is 12.1 Å². The van der Waals surface area contributed by atoms with Crippen molar-refractivity contribution in [3.05, 3.63) is 76.9 Å². The average Bonchev–Trinajstić information content (AvgIpc) is 3.10. The second kappa shape index (κ2) is 7.58. The Morgan fingerprint density at radius 1 is 1.07 bits per heavy atom. The SMILES string of the molecule is O=C(C=Cc1ccccc1C(=O)N1CCC2(CC1)OCc1ccccc12)NO. The number of benzene rings is 2. The van der Waals surface area contributed by atoms with Gasteiger partial charge in [-0.2, -0.15) is 0 Å². The molecular formula is C22H22N2O4. The van der Waals surface area contributed by atoms with Crippen molar-refractivity contribution < 1.29 is 19.5 Å². The van der Waals surface area contributed by atoms with Gasteiger partial charge in [-0.15, -0.1) is 0 Å².